The number of carbonyl (C=O) groups is 4. The molecule has 0 aliphatic carbocycles. The van der Waals surface area contributed by atoms with E-state index >= 15 is 0 Å². The first-order valence-corrected chi connectivity index (χ1v) is 41.2. The van der Waals surface area contributed by atoms with Crippen LogP contribution in [0, 0.1) is 0 Å². The third-order valence-electron chi connectivity index (χ3n) is 16.6. The van der Waals surface area contributed by atoms with Crippen LogP contribution in [0.4, 0.5) is 104 Å². The second-order valence-corrected chi connectivity index (χ2v) is 29.9. The Bertz CT molecular complexity index is 5400. The molecule has 122 heavy (non-hydrogen) atoms. The zero-order chi connectivity index (χ0) is 86.4. The summed E-state index contributed by atoms with van der Waals surface area (Å²) >= 11 is 1.60. The number of carboxylic acid groups (broad SMARTS) is 4. The van der Waals surface area contributed by atoms with Gasteiger partial charge in [-0.2, -0.15) is 67.2 Å². The molecule has 48 heteroatoms. The number of azo groups is 4. The van der Waals surface area contributed by atoms with Gasteiger partial charge in [-0.3, -0.25) is 9.11 Å². The molecule has 3 heterocycles. The molecular weight excluding hydrogens is 1680 g/mol. The number of hydrogen-bond donors (Lipinski definition) is 12. The molecule has 1 saturated heterocycles. The molecule has 0 atom stereocenters. The summed E-state index contributed by atoms with van der Waals surface area (Å²) in [5.41, 5.74) is 1.29. The Balaban J connectivity index is 0.972. The van der Waals surface area contributed by atoms with Crippen molar-refractivity contribution in [3.05, 3.63) is 192 Å². The van der Waals surface area contributed by atoms with Crippen molar-refractivity contribution in [2.45, 2.75) is 25.7 Å². The number of anilines is 10. The lowest BCUT2D eigenvalue weighted by atomic mass is 10.2. The number of aromatic carboxylic acids is 4. The first-order chi connectivity index (χ1) is 58.9. The van der Waals surface area contributed by atoms with Gasteiger partial charge in [-0.05, 0) is 123 Å². The highest BCUT2D eigenvalue weighted by Gasteiger charge is 2.27. The summed E-state index contributed by atoms with van der Waals surface area (Å²) in [6.45, 7) is 0.00338. The normalized spacial score (nSPS) is 12.5. The van der Waals surface area contributed by atoms with E-state index in [9.17, 15) is 65.5 Å². The van der Waals surface area contributed by atoms with Crippen LogP contribution in [-0.4, -0.2) is 186 Å². The van der Waals surface area contributed by atoms with Crippen molar-refractivity contribution in [2.24, 2.45) is 40.9 Å². The molecule has 0 spiro atoms. The van der Waals surface area contributed by atoms with Crippen LogP contribution in [0.2, 0.25) is 0 Å². The molecule has 636 valence electrons. The molecule has 8 aromatic carbocycles. The Morgan fingerprint density at radius 1 is 0.361 bits per heavy atom. The molecule has 1 aliphatic heterocycles. The SMILES string of the molecule is O=C(O)c1ccccc1N=Nc1ccc(Nc2nc(Nc3ccc(N=Nc4ccccc4C(=O)O)cc3OCCCS(=O)(=O)O)nc(N3CCN(c4nc(Nc5ccc(N=Nc6ccccc6C(=O)O)cc5OCCCSOOO)nc(Nc5ccc(N=Nc6ccccc6C(=O)O)cc5OCCCS(=O)(=O)O)n4)CC3)n2)c(OCCCSOOO)c1. The third kappa shape index (κ3) is 27.2. The summed E-state index contributed by atoms with van der Waals surface area (Å²) in [6.07, 6.45) is 0.321. The fraction of sp³-hybridized carbons (Fsp3) is 0.216. The topological polar surface area (TPSA) is 603 Å². The number of nitrogens with zero attached hydrogens (tertiary/aromatic N) is 16. The summed E-state index contributed by atoms with van der Waals surface area (Å²) in [4.78, 5) is 81.2. The van der Waals surface area contributed by atoms with Crippen molar-refractivity contribution in [1.82, 2.24) is 29.9 Å². The van der Waals surface area contributed by atoms with E-state index in [1.807, 2.05) is 0 Å². The highest BCUT2D eigenvalue weighted by Crippen LogP contribution is 2.40. The summed E-state index contributed by atoms with van der Waals surface area (Å²) in [5, 5.41) is 111. The molecule has 12 N–H and O–H groups in total. The second kappa shape index (κ2) is 43.9. The maximum absolute atomic E-state index is 12.1. The van der Waals surface area contributed by atoms with E-state index in [2.05, 4.69) is 80.9 Å². The van der Waals surface area contributed by atoms with Crippen molar-refractivity contribution < 1.29 is 114 Å². The van der Waals surface area contributed by atoms with Gasteiger partial charge in [0.25, 0.3) is 20.2 Å². The minimum atomic E-state index is -4.42. The molecule has 0 unspecified atom stereocenters. The van der Waals surface area contributed by atoms with Gasteiger partial charge in [0.1, 0.15) is 45.7 Å². The van der Waals surface area contributed by atoms with Gasteiger partial charge in [-0.1, -0.05) is 58.6 Å². The molecule has 0 saturated carbocycles. The maximum Gasteiger partial charge on any atom is 0.337 e. The van der Waals surface area contributed by atoms with Crippen molar-refractivity contribution in [3.8, 4) is 23.0 Å². The van der Waals surface area contributed by atoms with E-state index < -0.39 is 55.6 Å². The number of rotatable bonds is 46. The molecule has 1 aliphatic rings. The maximum atomic E-state index is 12.1. The minimum Gasteiger partial charge on any atom is -0.491 e. The van der Waals surface area contributed by atoms with E-state index in [-0.39, 0.29) is 226 Å². The molecule has 0 radical (unpaired) electrons. The minimum absolute atomic E-state index is 0.0293. The smallest absolute Gasteiger partial charge is 0.337 e. The Morgan fingerprint density at radius 3 is 0.861 bits per heavy atom. The number of nitrogens with one attached hydrogen (secondary N) is 4. The largest absolute Gasteiger partial charge is 0.491 e. The van der Waals surface area contributed by atoms with Crippen LogP contribution < -0.4 is 50.0 Å². The summed E-state index contributed by atoms with van der Waals surface area (Å²) < 4.78 is 101. The lowest BCUT2D eigenvalue weighted by Gasteiger charge is -2.35. The van der Waals surface area contributed by atoms with E-state index in [1.165, 1.54) is 109 Å². The quantitative estimate of drug-likeness (QED) is 0.00421. The molecule has 0 amide bonds. The zero-order valence-electron chi connectivity index (χ0n) is 63.4. The van der Waals surface area contributed by atoms with Crippen molar-refractivity contribution >= 4 is 172 Å². The van der Waals surface area contributed by atoms with Crippen LogP contribution in [0.25, 0.3) is 0 Å². The Morgan fingerprint density at radius 2 is 0.615 bits per heavy atom. The van der Waals surface area contributed by atoms with Gasteiger partial charge in [-0.15, -0.1) is 29.1 Å². The van der Waals surface area contributed by atoms with Crippen LogP contribution >= 0.6 is 24.1 Å². The average molecular weight is 1750 g/mol. The van der Waals surface area contributed by atoms with Gasteiger partial charge in [0.2, 0.25) is 35.7 Å². The van der Waals surface area contributed by atoms with Crippen LogP contribution in [0.1, 0.15) is 67.1 Å². The molecule has 1 fully saturated rings. The van der Waals surface area contributed by atoms with E-state index in [0.29, 0.717) is 12.8 Å². The highest BCUT2D eigenvalue weighted by atomic mass is 32.2. The van der Waals surface area contributed by atoms with Crippen molar-refractivity contribution in [3.63, 3.8) is 0 Å². The predicted molar refractivity (Wildman–Crippen MR) is 441 cm³/mol. The lowest BCUT2D eigenvalue weighted by Crippen LogP contribution is -2.48. The average Bonchev–Trinajstić information content (AvgIpc) is 0.786. The predicted octanol–water partition coefficient (Wildman–Crippen LogP) is 15.8. The van der Waals surface area contributed by atoms with Gasteiger partial charge in [0.05, 0.1) is 106 Å². The standard InChI is InChI=1S/C74H72N20O24S4/c95-65(96)49-13-1-5-17-53(49)89-85-45-21-25-57(61(41-45)111-33-9-37-119-117-115-103)75-69-79-71(77-59-27-23-47(43-63(59)113-35-11-39-121(105,106)107)87-91-55-19-7-3-15-51(55)67(99)100)83-73(81-69)93-29-31-94(32-30-93)74-82-70(76-58-26-22-46(42-62(58)112-34-10-38-120-118-116-104)86-90-54-18-6-2-14-50(54)66(97)98)80-72(84-74)78-60-28-24-48(44-64(60)114-36-12-40-122(108,109)110)88-92-56-20-8-4-16-52(56)68(101)102/h1-8,13-28,41-44,103-104H,9-12,29-40H2,(H,95,96)(H,97,98)(H,99,100)(H,101,102)(H,105,106,107)(H,108,109,110)(H2,75,77,79,81,83)(H2,76,78,80,82,84). The zero-order valence-corrected chi connectivity index (χ0v) is 66.6. The van der Waals surface area contributed by atoms with Crippen molar-refractivity contribution in [2.75, 3.05) is 107 Å². The highest BCUT2D eigenvalue weighted by molar-refractivity contribution is 7.94. The van der Waals surface area contributed by atoms with E-state index in [1.54, 1.807) is 70.5 Å². The first kappa shape index (κ1) is 89.1. The molecule has 2 aromatic heterocycles. The van der Waals surface area contributed by atoms with Crippen LogP contribution in [0.3, 0.4) is 0 Å². The van der Waals surface area contributed by atoms with Gasteiger partial charge in [-0.25, -0.2) is 29.7 Å². The summed E-state index contributed by atoms with van der Waals surface area (Å²) in [6, 6.07) is 42.0. The van der Waals surface area contributed by atoms with Gasteiger partial charge < -0.3 is 70.4 Å². The number of hydrogen-bond acceptors (Lipinski definition) is 40. The number of piperazine rings is 1. The monoisotopic (exact) mass is 1750 g/mol. The molecule has 0 bridgehead atoms. The summed E-state index contributed by atoms with van der Waals surface area (Å²) in [7, 11) is -8.85. The molecule has 10 aromatic rings. The van der Waals surface area contributed by atoms with Crippen LogP contribution in [0.15, 0.2) is 211 Å². The lowest BCUT2D eigenvalue weighted by molar-refractivity contribution is -0.432. The van der Waals surface area contributed by atoms with Gasteiger partial charge in [0, 0.05) is 86.0 Å². The van der Waals surface area contributed by atoms with Gasteiger partial charge in [0.15, 0.2) is 0 Å². The number of aromatic nitrogens is 6. The Kier molecular flexibility index (Phi) is 32.1. The number of ether oxygens (including phenoxy) is 4. The Labute approximate surface area is 700 Å². The fourth-order valence-electron chi connectivity index (χ4n) is 11.0. The van der Waals surface area contributed by atoms with Gasteiger partial charge >= 0.3 is 23.9 Å². The molecule has 44 nitrogen and oxygen atoms in total. The second-order valence-electron chi connectivity index (χ2n) is 25.2. The first-order valence-electron chi connectivity index (χ1n) is 36.1. The molecule has 11 rings (SSSR count). The third-order valence-corrected chi connectivity index (χ3v) is 19.4. The number of benzene rings is 8. The fourth-order valence-corrected chi connectivity index (χ4v) is 12.6. The van der Waals surface area contributed by atoms with E-state index in [4.69, 9.17) is 59.4 Å². The van der Waals surface area contributed by atoms with E-state index in [0.717, 1.165) is 24.1 Å². The van der Waals surface area contributed by atoms with Crippen LogP contribution in [-0.2, 0) is 39.0 Å². The Hall–Kier alpha value is -13.7. The summed E-state index contributed by atoms with van der Waals surface area (Å²) in [5.74, 6) is -5.67. The molecular formula is C74H72N20O24S4. The van der Waals surface area contributed by atoms with Crippen molar-refractivity contribution in [1.29, 1.82) is 0 Å². The van der Waals surface area contributed by atoms with Crippen LogP contribution in [0.5, 0.6) is 23.0 Å². The number of carboxylic acids is 4.